The number of carbonyl (C=O) groups excluding carboxylic acids is 1. The van der Waals surface area contributed by atoms with E-state index in [2.05, 4.69) is 5.32 Å². The van der Waals surface area contributed by atoms with Crippen molar-refractivity contribution in [3.63, 3.8) is 0 Å². The molecule has 2 saturated heterocycles. The van der Waals surface area contributed by atoms with E-state index in [0.29, 0.717) is 11.6 Å². The summed E-state index contributed by atoms with van der Waals surface area (Å²) in [6, 6.07) is 7.97. The van der Waals surface area contributed by atoms with Crippen LogP contribution >= 0.6 is 0 Å². The van der Waals surface area contributed by atoms with Crippen LogP contribution in [0.5, 0.6) is 0 Å². The minimum Gasteiger partial charge on any atom is -0.465 e. The van der Waals surface area contributed by atoms with Gasteiger partial charge in [-0.3, -0.25) is 0 Å². The molecule has 2 atom stereocenters. The fourth-order valence-corrected chi connectivity index (χ4v) is 2.97. The van der Waals surface area contributed by atoms with Crippen LogP contribution in [0.1, 0.15) is 41.2 Å². The van der Waals surface area contributed by atoms with Crippen molar-refractivity contribution in [1.29, 1.82) is 0 Å². The Bertz CT molecular complexity index is 465. The fraction of sp³-hybridized carbons (Fsp3) is 0.533. The summed E-state index contributed by atoms with van der Waals surface area (Å²) in [4.78, 5) is 11.4. The topological polar surface area (TPSA) is 47.6 Å². The molecule has 1 aromatic carbocycles. The second kappa shape index (κ2) is 4.94. The van der Waals surface area contributed by atoms with E-state index in [1.807, 2.05) is 24.3 Å². The Kier molecular flexibility index (Phi) is 3.29. The minimum atomic E-state index is -0.290. The van der Waals surface area contributed by atoms with Crippen molar-refractivity contribution >= 4 is 5.97 Å². The zero-order valence-electron chi connectivity index (χ0n) is 11.1. The lowest BCUT2D eigenvalue weighted by Crippen LogP contribution is -2.52. The number of rotatable bonds is 2. The summed E-state index contributed by atoms with van der Waals surface area (Å²) >= 11 is 0. The molecule has 2 fully saturated rings. The van der Waals surface area contributed by atoms with Crippen LogP contribution in [0.15, 0.2) is 24.3 Å². The molecule has 2 aliphatic heterocycles. The molecular weight excluding hydrogens is 242 g/mol. The van der Waals surface area contributed by atoms with Gasteiger partial charge >= 0.3 is 5.97 Å². The van der Waals surface area contributed by atoms with Gasteiger partial charge in [0.05, 0.1) is 24.9 Å². The van der Waals surface area contributed by atoms with Gasteiger partial charge in [-0.1, -0.05) is 12.1 Å². The lowest BCUT2D eigenvalue weighted by atomic mass is 9.79. The summed E-state index contributed by atoms with van der Waals surface area (Å²) in [6.45, 7) is 1.89. The molecule has 2 unspecified atom stereocenters. The van der Waals surface area contributed by atoms with Gasteiger partial charge in [-0.2, -0.15) is 0 Å². The van der Waals surface area contributed by atoms with Crippen molar-refractivity contribution in [2.45, 2.75) is 30.9 Å². The van der Waals surface area contributed by atoms with Gasteiger partial charge in [0.15, 0.2) is 0 Å². The highest BCUT2D eigenvalue weighted by Crippen LogP contribution is 2.40. The molecule has 0 aliphatic carbocycles. The highest BCUT2D eigenvalue weighted by molar-refractivity contribution is 5.89. The molecule has 0 radical (unpaired) electrons. The second-order valence-corrected chi connectivity index (χ2v) is 5.36. The SMILES string of the molecule is COC(=O)c1ccc(C2CC3(CCN2)CCO3)cc1. The lowest BCUT2D eigenvalue weighted by molar-refractivity contribution is -0.168. The Morgan fingerprint density at radius 3 is 2.68 bits per heavy atom. The molecule has 0 saturated carbocycles. The summed E-state index contributed by atoms with van der Waals surface area (Å²) in [5.41, 5.74) is 1.91. The maximum absolute atomic E-state index is 11.4. The van der Waals surface area contributed by atoms with E-state index in [1.165, 1.54) is 19.1 Å². The first-order valence-corrected chi connectivity index (χ1v) is 6.78. The Balaban J connectivity index is 1.73. The third-order valence-corrected chi connectivity index (χ3v) is 4.25. The number of piperidine rings is 1. The van der Waals surface area contributed by atoms with E-state index in [-0.39, 0.29) is 11.6 Å². The van der Waals surface area contributed by atoms with Crippen molar-refractivity contribution in [2.75, 3.05) is 20.3 Å². The molecule has 1 aromatic rings. The van der Waals surface area contributed by atoms with E-state index >= 15 is 0 Å². The summed E-state index contributed by atoms with van der Waals surface area (Å²) in [5, 5.41) is 3.53. The Morgan fingerprint density at radius 1 is 1.37 bits per heavy atom. The van der Waals surface area contributed by atoms with Crippen LogP contribution in [0.3, 0.4) is 0 Å². The van der Waals surface area contributed by atoms with Gasteiger partial charge in [-0.15, -0.1) is 0 Å². The van der Waals surface area contributed by atoms with Crippen molar-refractivity contribution < 1.29 is 14.3 Å². The largest absolute Gasteiger partial charge is 0.465 e. The van der Waals surface area contributed by atoms with E-state index in [1.54, 1.807) is 0 Å². The molecule has 4 nitrogen and oxygen atoms in total. The molecular formula is C15H19NO3. The number of hydrogen-bond acceptors (Lipinski definition) is 4. The first kappa shape index (κ1) is 12.6. The van der Waals surface area contributed by atoms with Crippen LogP contribution in [0.25, 0.3) is 0 Å². The molecule has 0 bridgehead atoms. The normalized spacial score (nSPS) is 29.8. The maximum atomic E-state index is 11.4. The Labute approximate surface area is 113 Å². The van der Waals surface area contributed by atoms with Gasteiger partial charge in [0.25, 0.3) is 0 Å². The smallest absolute Gasteiger partial charge is 0.337 e. The van der Waals surface area contributed by atoms with Crippen LogP contribution in [0, 0.1) is 0 Å². The van der Waals surface area contributed by atoms with E-state index < -0.39 is 0 Å². The highest BCUT2D eigenvalue weighted by Gasteiger charge is 2.42. The summed E-state index contributed by atoms with van der Waals surface area (Å²) in [7, 11) is 1.40. The van der Waals surface area contributed by atoms with Gasteiger partial charge in [-0.25, -0.2) is 4.79 Å². The van der Waals surface area contributed by atoms with Gasteiger partial charge in [0, 0.05) is 6.04 Å². The number of carbonyl (C=O) groups is 1. The highest BCUT2D eigenvalue weighted by atomic mass is 16.5. The number of benzene rings is 1. The quantitative estimate of drug-likeness (QED) is 0.828. The first-order chi connectivity index (χ1) is 9.22. The zero-order valence-corrected chi connectivity index (χ0v) is 11.1. The monoisotopic (exact) mass is 261 g/mol. The third-order valence-electron chi connectivity index (χ3n) is 4.25. The molecule has 0 aromatic heterocycles. The summed E-state index contributed by atoms with van der Waals surface area (Å²) in [6.07, 6.45) is 3.29. The molecule has 0 amide bonds. The molecule has 3 rings (SSSR count). The van der Waals surface area contributed by atoms with Crippen molar-refractivity contribution in [2.24, 2.45) is 0 Å². The predicted molar refractivity (Wildman–Crippen MR) is 71.1 cm³/mol. The number of hydrogen-bond donors (Lipinski definition) is 1. The number of nitrogens with one attached hydrogen (secondary N) is 1. The van der Waals surface area contributed by atoms with Crippen molar-refractivity contribution in [3.05, 3.63) is 35.4 Å². The average molecular weight is 261 g/mol. The number of esters is 1. The Hall–Kier alpha value is -1.39. The zero-order chi connectivity index (χ0) is 13.3. The standard InChI is InChI=1S/C15H19NO3/c1-18-14(17)12-4-2-11(3-5-12)13-10-15(6-8-16-13)7-9-19-15/h2-5,13,16H,6-10H2,1H3. The van der Waals surface area contributed by atoms with E-state index in [9.17, 15) is 4.79 Å². The second-order valence-electron chi connectivity index (χ2n) is 5.36. The third kappa shape index (κ3) is 2.38. The first-order valence-electron chi connectivity index (χ1n) is 6.78. The summed E-state index contributed by atoms with van der Waals surface area (Å²) in [5.74, 6) is -0.290. The molecule has 102 valence electrons. The van der Waals surface area contributed by atoms with Crippen LogP contribution in [-0.4, -0.2) is 31.8 Å². The maximum Gasteiger partial charge on any atom is 0.337 e. The molecule has 1 N–H and O–H groups in total. The molecule has 1 spiro atoms. The van der Waals surface area contributed by atoms with Gasteiger partial charge < -0.3 is 14.8 Å². The average Bonchev–Trinajstić information content (AvgIpc) is 2.45. The van der Waals surface area contributed by atoms with Gasteiger partial charge in [0.1, 0.15) is 0 Å². The van der Waals surface area contributed by atoms with Crippen LogP contribution in [-0.2, 0) is 9.47 Å². The van der Waals surface area contributed by atoms with Crippen molar-refractivity contribution in [3.8, 4) is 0 Å². The van der Waals surface area contributed by atoms with E-state index in [0.717, 1.165) is 26.0 Å². The predicted octanol–water partition coefficient (Wildman–Crippen LogP) is 2.06. The minimum absolute atomic E-state index is 0.108. The van der Waals surface area contributed by atoms with E-state index in [4.69, 9.17) is 9.47 Å². The fourth-order valence-electron chi connectivity index (χ4n) is 2.97. The van der Waals surface area contributed by atoms with Crippen molar-refractivity contribution in [1.82, 2.24) is 5.32 Å². The van der Waals surface area contributed by atoms with Gasteiger partial charge in [0.2, 0.25) is 0 Å². The Morgan fingerprint density at radius 2 is 2.11 bits per heavy atom. The number of ether oxygens (including phenoxy) is 2. The lowest BCUT2D eigenvalue weighted by Gasteiger charge is -2.47. The summed E-state index contributed by atoms with van der Waals surface area (Å²) < 4.78 is 10.5. The van der Waals surface area contributed by atoms with Crippen LogP contribution < -0.4 is 5.32 Å². The molecule has 2 aliphatic rings. The molecule has 2 heterocycles. The molecule has 4 heteroatoms. The molecule has 19 heavy (non-hydrogen) atoms. The number of methoxy groups -OCH3 is 1. The van der Waals surface area contributed by atoms with Crippen LogP contribution in [0.4, 0.5) is 0 Å². The van der Waals surface area contributed by atoms with Crippen LogP contribution in [0.2, 0.25) is 0 Å². The van der Waals surface area contributed by atoms with Gasteiger partial charge in [-0.05, 0) is 43.5 Å².